The quantitative estimate of drug-likeness (QED) is 0.360. The molecule has 0 aliphatic carbocycles. The number of anilines is 2. The van der Waals surface area contributed by atoms with Crippen LogP contribution in [0, 0.1) is 0 Å². The van der Waals surface area contributed by atoms with E-state index in [1.165, 1.54) is 0 Å². The third-order valence-electron chi connectivity index (χ3n) is 5.43. The highest BCUT2D eigenvalue weighted by Crippen LogP contribution is 2.31. The number of fused-ring (bicyclic) bond motifs is 1. The molecular formula is C24H22ClN5O2S. The summed E-state index contributed by atoms with van der Waals surface area (Å²) in [6.07, 6.45) is 4.05. The molecule has 0 saturated carbocycles. The van der Waals surface area contributed by atoms with E-state index in [-0.39, 0.29) is 12.1 Å². The van der Waals surface area contributed by atoms with Gasteiger partial charge in [-0.05, 0) is 49.7 Å². The minimum absolute atomic E-state index is 0.110. The van der Waals surface area contributed by atoms with Gasteiger partial charge >= 0.3 is 0 Å². The van der Waals surface area contributed by atoms with E-state index >= 15 is 0 Å². The number of hydrogen-bond donors (Lipinski definition) is 1. The number of hydrogen-bond acceptors (Lipinski definition) is 8. The Labute approximate surface area is 200 Å². The molecule has 0 amide bonds. The number of benzene rings is 2. The molecule has 1 N–H and O–H groups in total. The average molecular weight is 480 g/mol. The van der Waals surface area contributed by atoms with E-state index in [2.05, 4.69) is 38.3 Å². The lowest BCUT2D eigenvalue weighted by molar-refractivity contribution is 0.214. The standard InChI is InChI=1S/C24H22ClN5O2S/c1-14-15(2)32-22(29-14)10-16-3-5-20-18(9-16)24(28-13-27-20)30-17-4-6-21(19(25)11-17)31-12-23-26-7-8-33-23/h3-9,11,13-15H,10,12H2,1-2H3,(H,27,28,30)/t14-,15+/m1/s1. The first kappa shape index (κ1) is 21.6. The van der Waals surface area contributed by atoms with Crippen molar-refractivity contribution in [3.63, 3.8) is 0 Å². The zero-order valence-corrected chi connectivity index (χ0v) is 19.7. The van der Waals surface area contributed by atoms with Gasteiger partial charge in [0.1, 0.15) is 35.6 Å². The summed E-state index contributed by atoms with van der Waals surface area (Å²) in [6.45, 7) is 4.49. The van der Waals surface area contributed by atoms with E-state index in [4.69, 9.17) is 21.1 Å². The molecule has 0 fully saturated rings. The molecule has 0 spiro atoms. The van der Waals surface area contributed by atoms with E-state index in [1.807, 2.05) is 42.6 Å². The Morgan fingerprint density at radius 2 is 2.03 bits per heavy atom. The van der Waals surface area contributed by atoms with Crippen molar-refractivity contribution in [3.8, 4) is 5.75 Å². The third kappa shape index (κ3) is 4.91. The molecule has 33 heavy (non-hydrogen) atoms. The minimum Gasteiger partial charge on any atom is -0.485 e. The number of nitrogens with one attached hydrogen (secondary N) is 1. The van der Waals surface area contributed by atoms with E-state index < -0.39 is 0 Å². The van der Waals surface area contributed by atoms with Gasteiger partial charge in [0, 0.05) is 29.1 Å². The molecule has 7 nitrogen and oxygen atoms in total. The first-order chi connectivity index (χ1) is 16.0. The van der Waals surface area contributed by atoms with Crippen LogP contribution >= 0.6 is 22.9 Å². The van der Waals surface area contributed by atoms with Crippen molar-refractivity contribution < 1.29 is 9.47 Å². The van der Waals surface area contributed by atoms with E-state index in [0.717, 1.165) is 33.1 Å². The number of aliphatic imine (C=N–C) groups is 1. The molecule has 9 heteroatoms. The summed E-state index contributed by atoms with van der Waals surface area (Å²) >= 11 is 8.00. The zero-order chi connectivity index (χ0) is 22.8. The second-order valence-corrected chi connectivity index (χ2v) is 9.21. The summed E-state index contributed by atoms with van der Waals surface area (Å²) in [6, 6.07) is 11.9. The van der Waals surface area contributed by atoms with Gasteiger partial charge in [-0.15, -0.1) is 11.3 Å². The van der Waals surface area contributed by atoms with Crippen molar-refractivity contribution >= 4 is 51.2 Å². The van der Waals surface area contributed by atoms with Gasteiger partial charge < -0.3 is 14.8 Å². The molecule has 2 aromatic heterocycles. The van der Waals surface area contributed by atoms with Crippen LogP contribution in [0.15, 0.2) is 59.3 Å². The van der Waals surface area contributed by atoms with Crippen LogP contribution < -0.4 is 10.1 Å². The molecular weight excluding hydrogens is 458 g/mol. The average Bonchev–Trinajstić information content (AvgIpc) is 3.43. The largest absolute Gasteiger partial charge is 0.485 e. The van der Waals surface area contributed by atoms with Crippen LogP contribution in [0.4, 0.5) is 11.5 Å². The molecule has 0 radical (unpaired) electrons. The number of ether oxygens (including phenoxy) is 2. The first-order valence-corrected chi connectivity index (χ1v) is 11.9. The summed E-state index contributed by atoms with van der Waals surface area (Å²) < 4.78 is 11.6. The summed E-state index contributed by atoms with van der Waals surface area (Å²) in [4.78, 5) is 17.7. The second kappa shape index (κ2) is 9.33. The molecule has 1 aliphatic heterocycles. The molecule has 3 heterocycles. The fraction of sp³-hybridized carbons (Fsp3) is 0.250. The Kier molecular flexibility index (Phi) is 6.11. The van der Waals surface area contributed by atoms with Gasteiger partial charge in [-0.25, -0.2) is 19.9 Å². The Morgan fingerprint density at radius 3 is 2.79 bits per heavy atom. The van der Waals surface area contributed by atoms with E-state index in [1.54, 1.807) is 23.9 Å². The smallest absolute Gasteiger partial charge is 0.188 e. The Morgan fingerprint density at radius 1 is 1.12 bits per heavy atom. The van der Waals surface area contributed by atoms with Gasteiger partial charge in [-0.3, -0.25) is 0 Å². The molecule has 4 aromatic rings. The van der Waals surface area contributed by atoms with E-state index in [0.29, 0.717) is 29.6 Å². The molecule has 2 atom stereocenters. The highest BCUT2D eigenvalue weighted by atomic mass is 35.5. The molecule has 1 aliphatic rings. The van der Waals surface area contributed by atoms with E-state index in [9.17, 15) is 0 Å². The van der Waals surface area contributed by atoms with Gasteiger partial charge in [0.05, 0.1) is 16.6 Å². The molecule has 0 unspecified atom stereocenters. The highest BCUT2D eigenvalue weighted by molar-refractivity contribution is 7.09. The number of halogens is 1. The molecule has 0 saturated heterocycles. The van der Waals surface area contributed by atoms with Crippen LogP contribution in [-0.4, -0.2) is 33.0 Å². The van der Waals surface area contributed by atoms with Crippen LogP contribution in [0.1, 0.15) is 24.4 Å². The van der Waals surface area contributed by atoms with Gasteiger partial charge in [0.2, 0.25) is 0 Å². The van der Waals surface area contributed by atoms with Crippen molar-refractivity contribution in [1.29, 1.82) is 0 Å². The van der Waals surface area contributed by atoms with Crippen LogP contribution in [0.3, 0.4) is 0 Å². The first-order valence-electron chi connectivity index (χ1n) is 10.6. The van der Waals surface area contributed by atoms with Crippen molar-refractivity contribution in [2.45, 2.75) is 39.0 Å². The Bertz CT molecular complexity index is 1310. The van der Waals surface area contributed by atoms with Crippen molar-refractivity contribution in [1.82, 2.24) is 15.0 Å². The van der Waals surface area contributed by atoms with Gasteiger partial charge in [-0.1, -0.05) is 17.7 Å². The summed E-state index contributed by atoms with van der Waals surface area (Å²) in [7, 11) is 0. The monoisotopic (exact) mass is 479 g/mol. The summed E-state index contributed by atoms with van der Waals surface area (Å²) in [5.74, 6) is 2.07. The van der Waals surface area contributed by atoms with Gasteiger partial charge in [0.15, 0.2) is 5.90 Å². The number of rotatable bonds is 7. The van der Waals surface area contributed by atoms with Gasteiger partial charge in [-0.2, -0.15) is 0 Å². The second-order valence-electron chi connectivity index (χ2n) is 7.82. The minimum atomic E-state index is 0.110. The number of thiazole rings is 1. The molecule has 5 rings (SSSR count). The van der Waals surface area contributed by atoms with Gasteiger partial charge in [0.25, 0.3) is 0 Å². The van der Waals surface area contributed by atoms with Crippen molar-refractivity contribution in [2.24, 2.45) is 4.99 Å². The number of aromatic nitrogens is 3. The highest BCUT2D eigenvalue weighted by Gasteiger charge is 2.23. The topological polar surface area (TPSA) is 81.5 Å². The normalized spacial score (nSPS) is 17.6. The lowest BCUT2D eigenvalue weighted by Crippen LogP contribution is -2.15. The lowest BCUT2D eigenvalue weighted by atomic mass is 10.1. The molecule has 168 valence electrons. The van der Waals surface area contributed by atoms with Crippen LogP contribution in [-0.2, 0) is 17.8 Å². The fourth-order valence-electron chi connectivity index (χ4n) is 3.55. The maximum absolute atomic E-state index is 6.46. The SMILES string of the molecule is C[C@@H]1OC(Cc2ccc3ncnc(Nc4ccc(OCc5nccs5)c(Cl)c4)c3c2)=N[C@@H]1C. The molecule has 0 bridgehead atoms. The van der Waals surface area contributed by atoms with Crippen LogP contribution in [0.2, 0.25) is 5.02 Å². The predicted molar refractivity (Wildman–Crippen MR) is 132 cm³/mol. The lowest BCUT2D eigenvalue weighted by Gasteiger charge is -2.12. The fourth-order valence-corrected chi connectivity index (χ4v) is 4.31. The summed E-state index contributed by atoms with van der Waals surface area (Å²) in [5.41, 5.74) is 2.74. The maximum atomic E-state index is 6.46. The summed E-state index contributed by atoms with van der Waals surface area (Å²) in [5, 5.41) is 7.59. The predicted octanol–water partition coefficient (Wildman–Crippen LogP) is 5.81. The Hall–Kier alpha value is -3.23. The maximum Gasteiger partial charge on any atom is 0.188 e. The van der Waals surface area contributed by atoms with Crippen molar-refractivity contribution in [2.75, 3.05) is 5.32 Å². The van der Waals surface area contributed by atoms with Crippen LogP contribution in [0.5, 0.6) is 5.75 Å². The zero-order valence-electron chi connectivity index (χ0n) is 18.2. The van der Waals surface area contributed by atoms with Crippen molar-refractivity contribution in [3.05, 3.63) is 69.9 Å². The van der Waals surface area contributed by atoms with Crippen LogP contribution in [0.25, 0.3) is 10.9 Å². The molecule has 2 aromatic carbocycles. The Balaban J connectivity index is 1.35. The third-order valence-corrected chi connectivity index (χ3v) is 6.48. The number of nitrogens with zero attached hydrogens (tertiary/aromatic N) is 4.